The van der Waals surface area contributed by atoms with Gasteiger partial charge in [0, 0.05) is 31.8 Å². The van der Waals surface area contributed by atoms with Crippen LogP contribution in [0.5, 0.6) is 0 Å². The molecule has 2 aromatic carbocycles. The molecule has 2 aliphatic rings. The molecule has 28 heavy (non-hydrogen) atoms. The van der Waals surface area contributed by atoms with Crippen LogP contribution in [-0.4, -0.2) is 37.0 Å². The third kappa shape index (κ3) is 2.91. The summed E-state index contributed by atoms with van der Waals surface area (Å²) in [5, 5.41) is 0. The fraction of sp³-hybridized carbons (Fsp3) is 0.333. The Kier molecular flexibility index (Phi) is 4.53. The smallest absolute Gasteiger partial charge is 0.410 e. The van der Waals surface area contributed by atoms with Crippen LogP contribution >= 0.6 is 0 Å². The molecule has 0 saturated carbocycles. The maximum Gasteiger partial charge on any atom is 0.410 e. The predicted molar refractivity (Wildman–Crippen MR) is 98.9 cm³/mol. The minimum atomic E-state index is -1.06. The SMILES string of the molecule is CN1C(=O)C2(CCN(C(=O)OCc3ccccc3)CC2)c2c(F)cc(F)cc21. The van der Waals surface area contributed by atoms with Crippen molar-refractivity contribution in [1.29, 1.82) is 0 Å². The average molecular weight is 386 g/mol. The monoisotopic (exact) mass is 386 g/mol. The maximum absolute atomic E-state index is 14.6. The lowest BCUT2D eigenvalue weighted by Crippen LogP contribution is -2.50. The molecule has 4 rings (SSSR count). The summed E-state index contributed by atoms with van der Waals surface area (Å²) < 4.78 is 33.5. The van der Waals surface area contributed by atoms with Gasteiger partial charge in [0.05, 0.1) is 11.1 Å². The fourth-order valence-corrected chi connectivity index (χ4v) is 4.18. The summed E-state index contributed by atoms with van der Waals surface area (Å²) in [5.74, 6) is -1.69. The number of benzene rings is 2. The van der Waals surface area contributed by atoms with E-state index in [-0.39, 0.29) is 49.7 Å². The summed E-state index contributed by atoms with van der Waals surface area (Å²) in [6, 6.07) is 11.3. The number of hydrogen-bond acceptors (Lipinski definition) is 3. The second-order valence-electron chi connectivity index (χ2n) is 7.26. The first-order valence-electron chi connectivity index (χ1n) is 9.16. The zero-order valence-corrected chi connectivity index (χ0v) is 15.5. The molecule has 1 saturated heterocycles. The minimum absolute atomic E-state index is 0.166. The van der Waals surface area contributed by atoms with E-state index < -0.39 is 23.1 Å². The Morgan fingerprint density at radius 2 is 1.82 bits per heavy atom. The van der Waals surface area contributed by atoms with Crippen LogP contribution in [0.15, 0.2) is 42.5 Å². The van der Waals surface area contributed by atoms with Gasteiger partial charge in [-0.1, -0.05) is 30.3 Å². The molecule has 7 heteroatoms. The number of piperidine rings is 1. The molecule has 2 amide bonds. The van der Waals surface area contributed by atoms with Gasteiger partial charge in [0.25, 0.3) is 0 Å². The van der Waals surface area contributed by atoms with Crippen LogP contribution in [0.3, 0.4) is 0 Å². The zero-order valence-electron chi connectivity index (χ0n) is 15.5. The summed E-state index contributed by atoms with van der Waals surface area (Å²) in [7, 11) is 1.52. The number of fused-ring (bicyclic) bond motifs is 2. The Balaban J connectivity index is 1.48. The first-order valence-corrected chi connectivity index (χ1v) is 9.16. The van der Waals surface area contributed by atoms with Gasteiger partial charge < -0.3 is 14.5 Å². The fourth-order valence-electron chi connectivity index (χ4n) is 4.18. The van der Waals surface area contributed by atoms with Crippen LogP contribution in [0, 0.1) is 11.6 Å². The van der Waals surface area contributed by atoms with Gasteiger partial charge in [0.15, 0.2) is 0 Å². The molecular weight excluding hydrogens is 366 g/mol. The number of carbonyl (C=O) groups excluding carboxylic acids is 2. The van der Waals surface area contributed by atoms with E-state index in [4.69, 9.17) is 4.74 Å². The van der Waals surface area contributed by atoms with Crippen molar-refractivity contribution in [1.82, 2.24) is 4.90 Å². The van der Waals surface area contributed by atoms with Crippen molar-refractivity contribution in [2.24, 2.45) is 0 Å². The Bertz CT molecular complexity index is 925. The van der Waals surface area contributed by atoms with Gasteiger partial charge in [-0.05, 0) is 24.5 Å². The normalized spacial score (nSPS) is 17.8. The summed E-state index contributed by atoms with van der Waals surface area (Å²) in [6.07, 6.45) is 0.0792. The van der Waals surface area contributed by atoms with Crippen molar-refractivity contribution < 1.29 is 23.1 Å². The highest BCUT2D eigenvalue weighted by Crippen LogP contribution is 2.48. The molecule has 1 spiro atoms. The van der Waals surface area contributed by atoms with Crippen molar-refractivity contribution in [3.8, 4) is 0 Å². The number of nitrogens with zero attached hydrogens (tertiary/aromatic N) is 2. The van der Waals surface area contributed by atoms with Crippen LogP contribution in [0.1, 0.15) is 24.0 Å². The Labute approximate surface area is 161 Å². The van der Waals surface area contributed by atoms with Gasteiger partial charge in [-0.15, -0.1) is 0 Å². The predicted octanol–water partition coefficient (Wildman–Crippen LogP) is 3.61. The quantitative estimate of drug-likeness (QED) is 0.792. The second kappa shape index (κ2) is 6.89. The highest BCUT2D eigenvalue weighted by molar-refractivity contribution is 6.08. The number of halogens is 2. The van der Waals surface area contributed by atoms with E-state index in [1.54, 1.807) is 0 Å². The third-order valence-electron chi connectivity index (χ3n) is 5.67. The average Bonchev–Trinajstić information content (AvgIpc) is 2.90. The topological polar surface area (TPSA) is 49.9 Å². The van der Waals surface area contributed by atoms with Crippen LogP contribution < -0.4 is 4.90 Å². The minimum Gasteiger partial charge on any atom is -0.445 e. The van der Waals surface area contributed by atoms with Crippen molar-refractivity contribution in [3.63, 3.8) is 0 Å². The third-order valence-corrected chi connectivity index (χ3v) is 5.67. The number of ether oxygens (including phenoxy) is 1. The van der Waals surface area contributed by atoms with Crippen molar-refractivity contribution >= 4 is 17.7 Å². The number of amides is 2. The van der Waals surface area contributed by atoms with E-state index in [0.29, 0.717) is 0 Å². The van der Waals surface area contributed by atoms with Crippen LogP contribution in [-0.2, 0) is 21.6 Å². The molecular formula is C21H20F2N2O3. The molecule has 5 nitrogen and oxygen atoms in total. The van der Waals surface area contributed by atoms with Gasteiger partial charge in [0.1, 0.15) is 18.2 Å². The lowest BCUT2D eigenvalue weighted by molar-refractivity contribution is -0.124. The number of likely N-dealkylation sites (tertiary alicyclic amines) is 1. The Morgan fingerprint density at radius 3 is 2.50 bits per heavy atom. The molecule has 0 aromatic heterocycles. The largest absolute Gasteiger partial charge is 0.445 e. The molecule has 2 heterocycles. The molecule has 0 N–H and O–H groups in total. The summed E-state index contributed by atoms with van der Waals surface area (Å²) in [6.45, 7) is 0.701. The second-order valence-corrected chi connectivity index (χ2v) is 7.26. The van der Waals surface area contributed by atoms with E-state index in [2.05, 4.69) is 0 Å². The molecule has 0 aliphatic carbocycles. The standard InChI is InChI=1S/C21H20F2N2O3/c1-24-17-12-15(22)11-16(23)18(17)21(19(24)26)7-9-25(10-8-21)20(27)28-13-14-5-3-2-4-6-14/h2-6,11-12H,7-10,13H2,1H3. The Morgan fingerprint density at radius 1 is 1.14 bits per heavy atom. The van der Waals surface area contributed by atoms with Crippen LogP contribution in [0.2, 0.25) is 0 Å². The molecule has 146 valence electrons. The molecule has 2 aliphatic heterocycles. The van der Waals surface area contributed by atoms with Crippen LogP contribution in [0.4, 0.5) is 19.3 Å². The maximum atomic E-state index is 14.6. The zero-order chi connectivity index (χ0) is 19.9. The van der Waals surface area contributed by atoms with Crippen molar-refractivity contribution in [3.05, 3.63) is 65.2 Å². The van der Waals surface area contributed by atoms with Gasteiger partial charge in [0.2, 0.25) is 5.91 Å². The number of anilines is 1. The Hall–Kier alpha value is -2.96. The summed E-state index contributed by atoms with van der Waals surface area (Å²) >= 11 is 0. The highest BCUT2D eigenvalue weighted by atomic mass is 19.1. The van der Waals surface area contributed by atoms with E-state index in [1.165, 1.54) is 22.9 Å². The molecule has 0 atom stereocenters. The number of carbonyl (C=O) groups is 2. The van der Waals surface area contributed by atoms with Gasteiger partial charge in [-0.3, -0.25) is 4.79 Å². The molecule has 0 unspecified atom stereocenters. The summed E-state index contributed by atoms with van der Waals surface area (Å²) in [5.41, 5.74) is 0.328. The molecule has 1 fully saturated rings. The van der Waals surface area contributed by atoms with E-state index >= 15 is 0 Å². The molecule has 0 bridgehead atoms. The van der Waals surface area contributed by atoms with E-state index in [9.17, 15) is 18.4 Å². The van der Waals surface area contributed by atoms with Gasteiger partial charge in [-0.25, -0.2) is 13.6 Å². The van der Waals surface area contributed by atoms with Crippen LogP contribution in [0.25, 0.3) is 0 Å². The van der Waals surface area contributed by atoms with E-state index in [0.717, 1.165) is 11.6 Å². The number of hydrogen-bond donors (Lipinski definition) is 0. The molecule has 0 radical (unpaired) electrons. The number of rotatable bonds is 2. The number of likely N-dealkylation sites (N-methyl/N-ethyl adjacent to an activating group) is 1. The molecule has 2 aromatic rings. The lowest BCUT2D eigenvalue weighted by atomic mass is 9.73. The lowest BCUT2D eigenvalue weighted by Gasteiger charge is -2.37. The van der Waals surface area contributed by atoms with Gasteiger partial charge >= 0.3 is 6.09 Å². The summed E-state index contributed by atoms with van der Waals surface area (Å²) in [4.78, 5) is 28.1. The highest BCUT2D eigenvalue weighted by Gasteiger charge is 2.53. The van der Waals surface area contributed by atoms with Gasteiger partial charge in [-0.2, -0.15) is 0 Å². The van der Waals surface area contributed by atoms with Crippen molar-refractivity contribution in [2.75, 3.05) is 25.0 Å². The van der Waals surface area contributed by atoms with E-state index in [1.807, 2.05) is 30.3 Å². The first kappa shape index (κ1) is 18.4. The van der Waals surface area contributed by atoms with Crippen molar-refractivity contribution in [2.45, 2.75) is 24.9 Å². The first-order chi connectivity index (χ1) is 13.4.